The predicted molar refractivity (Wildman–Crippen MR) is 111 cm³/mol. The second-order valence-corrected chi connectivity index (χ2v) is 6.87. The maximum Gasteiger partial charge on any atom is 0.260 e. The molecule has 0 fully saturated rings. The molecule has 4 aromatic rings. The average molecular weight is 423 g/mol. The highest BCUT2D eigenvalue weighted by Crippen LogP contribution is 2.29. The molecule has 0 saturated carbocycles. The number of halogens is 2. The monoisotopic (exact) mass is 423 g/mol. The highest BCUT2D eigenvalue weighted by molar-refractivity contribution is 6.05. The van der Waals surface area contributed by atoms with Gasteiger partial charge in [-0.05, 0) is 38.1 Å². The van der Waals surface area contributed by atoms with Gasteiger partial charge in [-0.25, -0.2) is 13.5 Å². The summed E-state index contributed by atoms with van der Waals surface area (Å²) in [6.45, 7) is 3.28. The molecule has 0 aliphatic heterocycles. The van der Waals surface area contributed by atoms with E-state index >= 15 is 0 Å². The number of carbonyl (C=O) groups excluding carboxylic acids is 1. The fraction of sp³-hybridized carbons (Fsp3) is 0.136. The van der Waals surface area contributed by atoms with Crippen LogP contribution < -0.4 is 10.1 Å². The molecule has 2 aromatic heterocycles. The van der Waals surface area contributed by atoms with Crippen molar-refractivity contribution in [3.05, 3.63) is 77.1 Å². The minimum Gasteiger partial charge on any atom is -0.496 e. The number of nitrogens with zero attached hydrogens (tertiary/aromatic N) is 3. The molecular formula is C22H19F2N5O2. The Morgan fingerprint density at radius 3 is 2.65 bits per heavy atom. The van der Waals surface area contributed by atoms with Crippen LogP contribution in [0.4, 0.5) is 14.6 Å². The molecule has 158 valence electrons. The number of benzene rings is 2. The number of nitrogens with one attached hydrogen (secondary N) is 2. The fourth-order valence-corrected chi connectivity index (χ4v) is 3.43. The third-order valence-electron chi connectivity index (χ3n) is 4.87. The van der Waals surface area contributed by atoms with E-state index in [0.29, 0.717) is 28.6 Å². The van der Waals surface area contributed by atoms with Crippen LogP contribution in [0.15, 0.2) is 48.5 Å². The van der Waals surface area contributed by atoms with E-state index in [2.05, 4.69) is 20.6 Å². The van der Waals surface area contributed by atoms with Crippen LogP contribution in [0, 0.1) is 25.5 Å². The molecule has 0 bridgehead atoms. The number of H-pyrrole nitrogens is 1. The first-order valence-corrected chi connectivity index (χ1v) is 9.41. The Kier molecular flexibility index (Phi) is 5.24. The zero-order valence-corrected chi connectivity index (χ0v) is 17.0. The smallest absolute Gasteiger partial charge is 0.260 e. The maximum absolute atomic E-state index is 14.2. The summed E-state index contributed by atoms with van der Waals surface area (Å²) >= 11 is 0. The van der Waals surface area contributed by atoms with Crippen molar-refractivity contribution in [2.75, 3.05) is 12.4 Å². The quantitative estimate of drug-likeness (QED) is 0.498. The summed E-state index contributed by atoms with van der Waals surface area (Å²) < 4.78 is 34.1. The van der Waals surface area contributed by atoms with Gasteiger partial charge >= 0.3 is 0 Å². The molecule has 7 nitrogen and oxygen atoms in total. The van der Waals surface area contributed by atoms with Crippen LogP contribution >= 0.6 is 0 Å². The molecular weight excluding hydrogens is 404 g/mol. The number of hydrogen-bond acceptors (Lipinski definition) is 4. The molecule has 31 heavy (non-hydrogen) atoms. The Morgan fingerprint density at radius 1 is 1.13 bits per heavy atom. The third-order valence-corrected chi connectivity index (χ3v) is 4.87. The molecule has 0 radical (unpaired) electrons. The molecule has 0 saturated heterocycles. The van der Waals surface area contributed by atoms with E-state index < -0.39 is 17.5 Å². The summed E-state index contributed by atoms with van der Waals surface area (Å²) in [5, 5.41) is 14.0. The minimum absolute atomic E-state index is 0.0549. The van der Waals surface area contributed by atoms with Gasteiger partial charge in [0.05, 0.1) is 29.8 Å². The van der Waals surface area contributed by atoms with Crippen LogP contribution in [0.3, 0.4) is 0 Å². The number of methoxy groups -OCH3 is 1. The molecule has 0 atom stereocenters. The number of amides is 1. The zero-order valence-electron chi connectivity index (χ0n) is 17.0. The number of hydrogen-bond donors (Lipinski definition) is 2. The second-order valence-electron chi connectivity index (χ2n) is 6.87. The summed E-state index contributed by atoms with van der Waals surface area (Å²) in [6.07, 6.45) is 0. The highest BCUT2D eigenvalue weighted by Gasteiger charge is 2.22. The Bertz CT molecular complexity index is 1280. The number of anilines is 1. The standard InChI is InChI=1S/C22H19F2N5O2/c1-12-21(13(2)29(28-12)18-9-8-14(23)10-16(18)24)22(30)25-20-11-17(26-27-20)15-6-4-5-7-19(15)31-3/h4-11H,1-3H3,(H2,25,26,27,30). The fourth-order valence-electron chi connectivity index (χ4n) is 3.43. The Morgan fingerprint density at radius 2 is 1.90 bits per heavy atom. The van der Waals surface area contributed by atoms with E-state index in [9.17, 15) is 13.6 Å². The van der Waals surface area contributed by atoms with Gasteiger partial charge in [-0.2, -0.15) is 10.2 Å². The van der Waals surface area contributed by atoms with Gasteiger partial charge in [-0.1, -0.05) is 12.1 Å². The number of aromatic nitrogens is 4. The van der Waals surface area contributed by atoms with E-state index in [1.165, 1.54) is 10.7 Å². The van der Waals surface area contributed by atoms with Crippen LogP contribution in [-0.4, -0.2) is 33.0 Å². The lowest BCUT2D eigenvalue weighted by atomic mass is 10.1. The lowest BCUT2D eigenvalue weighted by Crippen LogP contribution is -2.14. The summed E-state index contributed by atoms with van der Waals surface area (Å²) in [7, 11) is 1.57. The molecule has 4 rings (SSSR count). The first-order chi connectivity index (χ1) is 14.9. The Balaban J connectivity index is 1.62. The van der Waals surface area contributed by atoms with E-state index in [4.69, 9.17) is 4.74 Å². The SMILES string of the molecule is COc1ccccc1-c1cc(NC(=O)c2c(C)nn(-c3ccc(F)cc3F)c2C)n[nH]1. The van der Waals surface area contributed by atoms with Crippen LogP contribution in [0.2, 0.25) is 0 Å². The van der Waals surface area contributed by atoms with Crippen LogP contribution in [-0.2, 0) is 0 Å². The van der Waals surface area contributed by atoms with E-state index in [1.807, 2.05) is 24.3 Å². The zero-order chi connectivity index (χ0) is 22.1. The number of ether oxygens (including phenoxy) is 1. The lowest BCUT2D eigenvalue weighted by Gasteiger charge is -2.07. The second kappa shape index (κ2) is 8.02. The van der Waals surface area contributed by atoms with Crippen LogP contribution in [0.5, 0.6) is 5.75 Å². The number of aryl methyl sites for hydroxylation is 1. The molecule has 2 heterocycles. The molecule has 0 unspecified atom stereocenters. The van der Waals surface area contributed by atoms with Crippen molar-refractivity contribution in [2.24, 2.45) is 0 Å². The van der Waals surface area contributed by atoms with Gasteiger partial charge in [0, 0.05) is 17.7 Å². The molecule has 2 aromatic carbocycles. The molecule has 2 N–H and O–H groups in total. The average Bonchev–Trinajstić information content (AvgIpc) is 3.32. The van der Waals surface area contributed by atoms with Gasteiger partial charge in [0.15, 0.2) is 11.6 Å². The van der Waals surface area contributed by atoms with Gasteiger partial charge < -0.3 is 10.1 Å². The van der Waals surface area contributed by atoms with Crippen LogP contribution in [0.25, 0.3) is 16.9 Å². The van der Waals surface area contributed by atoms with Gasteiger partial charge in [0.1, 0.15) is 17.3 Å². The van der Waals surface area contributed by atoms with Crippen molar-refractivity contribution in [3.63, 3.8) is 0 Å². The first-order valence-electron chi connectivity index (χ1n) is 9.41. The lowest BCUT2D eigenvalue weighted by molar-refractivity contribution is 0.102. The summed E-state index contributed by atoms with van der Waals surface area (Å²) in [5.74, 6) is -0.929. The van der Waals surface area contributed by atoms with Gasteiger partial charge in [-0.15, -0.1) is 0 Å². The molecule has 0 aliphatic carbocycles. The molecule has 1 amide bonds. The van der Waals surface area contributed by atoms with Crippen LogP contribution in [0.1, 0.15) is 21.7 Å². The van der Waals surface area contributed by atoms with Crippen molar-refractivity contribution < 1.29 is 18.3 Å². The van der Waals surface area contributed by atoms with Gasteiger partial charge in [0.25, 0.3) is 5.91 Å². The Labute approximate surface area is 176 Å². The number of para-hydroxylation sites is 1. The maximum atomic E-state index is 14.2. The molecule has 0 aliphatic rings. The Hall–Kier alpha value is -4.01. The van der Waals surface area contributed by atoms with E-state index in [-0.39, 0.29) is 11.3 Å². The summed E-state index contributed by atoms with van der Waals surface area (Å²) in [6, 6.07) is 12.3. The summed E-state index contributed by atoms with van der Waals surface area (Å²) in [5.41, 5.74) is 2.63. The summed E-state index contributed by atoms with van der Waals surface area (Å²) in [4.78, 5) is 12.9. The van der Waals surface area contributed by atoms with Crippen molar-refractivity contribution >= 4 is 11.7 Å². The number of rotatable bonds is 5. The normalized spacial score (nSPS) is 10.9. The van der Waals surface area contributed by atoms with E-state index in [0.717, 1.165) is 17.7 Å². The van der Waals surface area contributed by atoms with Crippen molar-refractivity contribution in [3.8, 4) is 22.7 Å². The number of aromatic amines is 1. The van der Waals surface area contributed by atoms with Gasteiger partial charge in [0.2, 0.25) is 0 Å². The van der Waals surface area contributed by atoms with Crippen molar-refractivity contribution in [2.45, 2.75) is 13.8 Å². The minimum atomic E-state index is -0.772. The largest absolute Gasteiger partial charge is 0.496 e. The predicted octanol–water partition coefficient (Wildman–Crippen LogP) is 4.42. The molecule has 9 heteroatoms. The number of carbonyl (C=O) groups is 1. The topological polar surface area (TPSA) is 84.8 Å². The highest BCUT2D eigenvalue weighted by atomic mass is 19.1. The van der Waals surface area contributed by atoms with Crippen molar-refractivity contribution in [1.29, 1.82) is 0 Å². The van der Waals surface area contributed by atoms with E-state index in [1.54, 1.807) is 27.0 Å². The van der Waals surface area contributed by atoms with Crippen molar-refractivity contribution in [1.82, 2.24) is 20.0 Å². The van der Waals surface area contributed by atoms with Gasteiger partial charge in [-0.3, -0.25) is 9.89 Å². The third kappa shape index (κ3) is 3.77. The first kappa shape index (κ1) is 20.3. The molecule has 0 spiro atoms.